The van der Waals surface area contributed by atoms with E-state index in [-0.39, 0.29) is 17.9 Å². The van der Waals surface area contributed by atoms with Crippen LogP contribution in [-0.2, 0) is 22.6 Å². The molecule has 3 N–H and O–H groups in total. The molecule has 0 saturated heterocycles. The Labute approximate surface area is 180 Å². The summed E-state index contributed by atoms with van der Waals surface area (Å²) in [5.41, 5.74) is 2.55. The van der Waals surface area contributed by atoms with Gasteiger partial charge in [0.05, 0.1) is 6.04 Å². The molecular formula is C22H26ClN5O2. The van der Waals surface area contributed by atoms with Gasteiger partial charge in [-0.15, -0.1) is 0 Å². The molecule has 0 radical (unpaired) electrons. The lowest BCUT2D eigenvalue weighted by Crippen LogP contribution is -2.52. The Kier molecular flexibility index (Phi) is 7.07. The summed E-state index contributed by atoms with van der Waals surface area (Å²) >= 11 is 6.08. The molecule has 1 unspecified atom stereocenters. The van der Waals surface area contributed by atoms with E-state index >= 15 is 0 Å². The zero-order valence-electron chi connectivity index (χ0n) is 17.3. The second kappa shape index (κ2) is 9.73. The minimum absolute atomic E-state index is 0.211. The van der Waals surface area contributed by atoms with E-state index in [0.29, 0.717) is 18.0 Å². The number of aromatic amines is 1. The molecule has 0 aliphatic heterocycles. The molecule has 7 nitrogen and oxygen atoms in total. The molecule has 0 saturated carbocycles. The number of nitrogens with one attached hydrogen (secondary N) is 3. The molecule has 0 aliphatic carbocycles. The predicted molar refractivity (Wildman–Crippen MR) is 118 cm³/mol. The first-order chi connectivity index (χ1) is 14.3. The lowest BCUT2D eigenvalue weighted by molar-refractivity contribution is -0.131. The van der Waals surface area contributed by atoms with Crippen LogP contribution in [-0.4, -0.2) is 52.9 Å². The number of likely N-dealkylation sites (N-methyl/N-ethyl adjacent to an activating group) is 1. The molecular weight excluding hydrogens is 402 g/mol. The molecule has 2 atom stereocenters. The number of benzene rings is 1. The fourth-order valence-corrected chi connectivity index (χ4v) is 3.24. The highest BCUT2D eigenvalue weighted by Gasteiger charge is 2.24. The minimum atomic E-state index is -0.720. The second-order valence-electron chi connectivity index (χ2n) is 7.51. The number of carbonyl (C=O) groups excluding carboxylic acids is 2. The van der Waals surface area contributed by atoms with Gasteiger partial charge in [0.2, 0.25) is 11.8 Å². The van der Waals surface area contributed by atoms with E-state index in [4.69, 9.17) is 11.6 Å². The van der Waals surface area contributed by atoms with Gasteiger partial charge in [0, 0.05) is 35.8 Å². The molecule has 0 spiro atoms. The van der Waals surface area contributed by atoms with Gasteiger partial charge in [-0.25, -0.2) is 4.98 Å². The predicted octanol–water partition coefficient (Wildman–Crippen LogP) is 2.51. The second-order valence-corrected chi connectivity index (χ2v) is 7.95. The molecule has 0 bridgehead atoms. The average molecular weight is 428 g/mol. The van der Waals surface area contributed by atoms with Gasteiger partial charge in [-0.3, -0.25) is 14.5 Å². The van der Waals surface area contributed by atoms with E-state index in [0.717, 1.165) is 22.2 Å². The van der Waals surface area contributed by atoms with E-state index < -0.39 is 6.04 Å². The summed E-state index contributed by atoms with van der Waals surface area (Å²) in [6.45, 7) is 2.11. The van der Waals surface area contributed by atoms with Crippen LogP contribution in [0.2, 0.25) is 5.02 Å². The van der Waals surface area contributed by atoms with Gasteiger partial charge < -0.3 is 15.6 Å². The Morgan fingerprint density at radius 3 is 2.70 bits per heavy atom. The maximum atomic E-state index is 12.9. The number of hydrogen-bond acceptors (Lipinski definition) is 4. The van der Waals surface area contributed by atoms with E-state index in [1.165, 1.54) is 0 Å². The number of fused-ring (bicyclic) bond motifs is 1. The van der Waals surface area contributed by atoms with Crippen molar-refractivity contribution in [2.75, 3.05) is 14.1 Å². The Morgan fingerprint density at radius 2 is 1.97 bits per heavy atom. The molecule has 2 amide bonds. The van der Waals surface area contributed by atoms with Crippen LogP contribution in [0.5, 0.6) is 0 Å². The molecule has 0 aliphatic rings. The number of pyridine rings is 1. The number of carbonyl (C=O) groups is 2. The number of hydrogen-bond donors (Lipinski definition) is 3. The average Bonchev–Trinajstić information content (AvgIpc) is 3.18. The van der Waals surface area contributed by atoms with Crippen molar-refractivity contribution in [2.45, 2.75) is 32.0 Å². The minimum Gasteiger partial charge on any atom is -0.350 e. The zero-order chi connectivity index (χ0) is 21.7. The van der Waals surface area contributed by atoms with Crippen LogP contribution in [0.25, 0.3) is 11.0 Å². The van der Waals surface area contributed by atoms with Crippen LogP contribution >= 0.6 is 11.6 Å². The highest BCUT2D eigenvalue weighted by molar-refractivity contribution is 6.30. The summed E-state index contributed by atoms with van der Waals surface area (Å²) in [6, 6.07) is 10.1. The third-order valence-corrected chi connectivity index (χ3v) is 5.27. The molecule has 3 aromatic rings. The molecule has 2 heterocycles. The smallest absolute Gasteiger partial charge is 0.243 e. The summed E-state index contributed by atoms with van der Waals surface area (Å²) in [4.78, 5) is 34.7. The van der Waals surface area contributed by atoms with Gasteiger partial charge in [0.1, 0.15) is 11.7 Å². The number of aromatic nitrogens is 2. The Hall–Kier alpha value is -2.90. The van der Waals surface area contributed by atoms with Crippen LogP contribution in [0.3, 0.4) is 0 Å². The van der Waals surface area contributed by atoms with Crippen molar-refractivity contribution >= 4 is 34.4 Å². The third kappa shape index (κ3) is 5.58. The Balaban J connectivity index is 1.71. The van der Waals surface area contributed by atoms with E-state index in [9.17, 15) is 9.59 Å². The van der Waals surface area contributed by atoms with E-state index in [2.05, 4.69) is 20.6 Å². The molecule has 158 valence electrons. The van der Waals surface area contributed by atoms with Crippen molar-refractivity contribution in [3.8, 4) is 0 Å². The SMILES string of the molecule is CC(C(=O)N[C@@H](Cc1cccc(Cl)c1)C(=O)NCc1cnc2[nH]ccc2c1)N(C)C. The van der Waals surface area contributed by atoms with Crippen LogP contribution in [0.4, 0.5) is 0 Å². The number of nitrogens with zero attached hydrogens (tertiary/aromatic N) is 2. The highest BCUT2D eigenvalue weighted by atomic mass is 35.5. The van der Waals surface area contributed by atoms with Gasteiger partial charge >= 0.3 is 0 Å². The fraction of sp³-hybridized carbons (Fsp3) is 0.318. The van der Waals surface area contributed by atoms with Crippen LogP contribution in [0, 0.1) is 0 Å². The molecule has 2 aromatic heterocycles. The summed E-state index contributed by atoms with van der Waals surface area (Å²) in [5, 5.41) is 7.35. The van der Waals surface area contributed by atoms with Crippen molar-refractivity contribution < 1.29 is 9.59 Å². The van der Waals surface area contributed by atoms with Gasteiger partial charge in [0.25, 0.3) is 0 Å². The first kappa shape index (κ1) is 21.8. The maximum Gasteiger partial charge on any atom is 0.243 e. The summed E-state index contributed by atoms with van der Waals surface area (Å²) in [5.74, 6) is -0.471. The van der Waals surface area contributed by atoms with Crippen LogP contribution < -0.4 is 10.6 Å². The van der Waals surface area contributed by atoms with E-state index in [1.54, 1.807) is 30.2 Å². The van der Waals surface area contributed by atoms with Crippen molar-refractivity contribution in [2.24, 2.45) is 0 Å². The highest BCUT2D eigenvalue weighted by Crippen LogP contribution is 2.14. The summed E-state index contributed by atoms with van der Waals surface area (Å²) in [6.07, 6.45) is 3.88. The van der Waals surface area contributed by atoms with E-state index in [1.807, 2.05) is 44.6 Å². The Bertz CT molecular complexity index is 1030. The molecule has 1 aromatic carbocycles. The monoisotopic (exact) mass is 427 g/mol. The maximum absolute atomic E-state index is 12.9. The molecule has 3 rings (SSSR count). The Morgan fingerprint density at radius 1 is 1.17 bits per heavy atom. The van der Waals surface area contributed by atoms with Gasteiger partial charge in [-0.2, -0.15) is 0 Å². The lowest BCUT2D eigenvalue weighted by Gasteiger charge is -2.24. The van der Waals surface area contributed by atoms with Crippen molar-refractivity contribution in [3.63, 3.8) is 0 Å². The van der Waals surface area contributed by atoms with Crippen molar-refractivity contribution in [3.05, 3.63) is 64.9 Å². The lowest BCUT2D eigenvalue weighted by atomic mass is 10.0. The van der Waals surface area contributed by atoms with Crippen LogP contribution in [0.15, 0.2) is 48.8 Å². The van der Waals surface area contributed by atoms with Gasteiger partial charge in [-0.1, -0.05) is 23.7 Å². The first-order valence-electron chi connectivity index (χ1n) is 9.74. The normalized spacial score (nSPS) is 13.2. The summed E-state index contributed by atoms with van der Waals surface area (Å²) < 4.78 is 0. The molecule has 30 heavy (non-hydrogen) atoms. The standard InChI is InChI=1S/C22H26ClN5O2/c1-14(28(2)3)21(29)27-19(11-15-5-4-6-18(23)10-15)22(30)26-13-16-9-17-7-8-24-20(17)25-12-16/h4-10,12,14,19H,11,13H2,1-3H3,(H,24,25)(H,26,30)(H,27,29)/t14?,19-/m0/s1. The van der Waals surface area contributed by atoms with Gasteiger partial charge in [0.15, 0.2) is 0 Å². The zero-order valence-corrected chi connectivity index (χ0v) is 18.0. The topological polar surface area (TPSA) is 90.1 Å². The third-order valence-electron chi connectivity index (χ3n) is 5.04. The first-order valence-corrected chi connectivity index (χ1v) is 10.1. The van der Waals surface area contributed by atoms with Gasteiger partial charge in [-0.05, 0) is 56.4 Å². The van der Waals surface area contributed by atoms with Crippen molar-refractivity contribution in [1.29, 1.82) is 0 Å². The fourth-order valence-electron chi connectivity index (χ4n) is 3.03. The summed E-state index contributed by atoms with van der Waals surface area (Å²) in [7, 11) is 3.64. The molecule has 8 heteroatoms. The molecule has 0 fully saturated rings. The number of H-pyrrole nitrogens is 1. The number of halogens is 1. The van der Waals surface area contributed by atoms with Crippen LogP contribution in [0.1, 0.15) is 18.1 Å². The quantitative estimate of drug-likeness (QED) is 0.515. The largest absolute Gasteiger partial charge is 0.350 e. The number of rotatable bonds is 8. The number of amides is 2. The van der Waals surface area contributed by atoms with Crippen molar-refractivity contribution in [1.82, 2.24) is 25.5 Å².